The summed E-state index contributed by atoms with van der Waals surface area (Å²) in [5, 5.41) is 8.84. The highest BCUT2D eigenvalue weighted by molar-refractivity contribution is 7.18. The van der Waals surface area contributed by atoms with Gasteiger partial charge in [-0.15, -0.1) is 21.5 Å². The van der Waals surface area contributed by atoms with E-state index in [1.54, 1.807) is 40.9 Å². The number of aromatic amines is 1. The minimum absolute atomic E-state index is 0.0697. The van der Waals surface area contributed by atoms with Gasteiger partial charge in [0.25, 0.3) is 5.89 Å². The molecule has 1 aliphatic heterocycles. The Morgan fingerprint density at radius 2 is 2.03 bits per heavy atom. The van der Waals surface area contributed by atoms with E-state index in [1.165, 1.54) is 0 Å². The lowest BCUT2D eigenvalue weighted by Gasteiger charge is -2.35. The molecule has 5 heterocycles. The van der Waals surface area contributed by atoms with Crippen LogP contribution in [0.2, 0.25) is 0 Å². The number of para-hydroxylation sites is 1. The van der Waals surface area contributed by atoms with E-state index in [1.807, 2.05) is 30.3 Å². The summed E-state index contributed by atoms with van der Waals surface area (Å²) < 4.78 is 6.77. The number of H-pyrrole nitrogens is 1. The van der Waals surface area contributed by atoms with Crippen molar-refractivity contribution in [3.05, 3.63) is 77.3 Å². The minimum Gasteiger partial charge on any atom is -0.411 e. The average molecular weight is 443 g/mol. The van der Waals surface area contributed by atoms with E-state index in [9.17, 15) is 4.79 Å². The van der Waals surface area contributed by atoms with Crippen molar-refractivity contribution in [2.75, 3.05) is 6.54 Å². The number of hydrogen-bond donors (Lipinski definition) is 1. The Labute approximate surface area is 186 Å². The van der Waals surface area contributed by atoms with Gasteiger partial charge in [0.1, 0.15) is 16.7 Å². The first-order valence-corrected chi connectivity index (χ1v) is 10.9. The fourth-order valence-corrected chi connectivity index (χ4v) is 5.13. The maximum absolute atomic E-state index is 13.6. The number of imidazole rings is 1. The summed E-state index contributed by atoms with van der Waals surface area (Å²) in [6, 6.07) is 12.9. The van der Waals surface area contributed by atoms with E-state index in [2.05, 4.69) is 32.1 Å². The fourth-order valence-electron chi connectivity index (χ4n) is 4.05. The standard InChI is InChI=1S/C22H17N7O2S/c1-12-10-29(22(30)20-28-27-19(31-20)14-7-4-5-9-23-14)18(17-16(12)24-11-25-17)21-26-13-6-2-3-8-15(13)32-21/h2-9,11-12,18H,10H2,1H3,(H,24,25)/t12-,18+/m1/s1. The molecule has 6 rings (SSSR count). The Kier molecular flexibility index (Phi) is 4.32. The molecule has 158 valence electrons. The Morgan fingerprint density at radius 3 is 2.88 bits per heavy atom. The van der Waals surface area contributed by atoms with E-state index < -0.39 is 6.04 Å². The molecule has 5 aromatic rings. The molecule has 2 atom stereocenters. The number of amides is 1. The van der Waals surface area contributed by atoms with Gasteiger partial charge in [0, 0.05) is 24.4 Å². The zero-order valence-corrected chi connectivity index (χ0v) is 17.8. The highest BCUT2D eigenvalue weighted by atomic mass is 32.1. The van der Waals surface area contributed by atoms with Crippen molar-refractivity contribution >= 4 is 27.5 Å². The molecule has 1 amide bonds. The quantitative estimate of drug-likeness (QED) is 0.451. The number of nitrogens with zero attached hydrogens (tertiary/aromatic N) is 6. The van der Waals surface area contributed by atoms with E-state index >= 15 is 0 Å². The highest BCUT2D eigenvalue weighted by Crippen LogP contribution is 2.41. The first-order chi connectivity index (χ1) is 15.7. The van der Waals surface area contributed by atoms with Gasteiger partial charge in [-0.2, -0.15) is 0 Å². The summed E-state index contributed by atoms with van der Waals surface area (Å²) in [6.07, 6.45) is 3.30. The molecule has 9 nitrogen and oxygen atoms in total. The highest BCUT2D eigenvalue weighted by Gasteiger charge is 2.41. The summed E-state index contributed by atoms with van der Waals surface area (Å²) >= 11 is 1.55. The molecule has 0 saturated heterocycles. The Balaban J connectivity index is 1.42. The van der Waals surface area contributed by atoms with Gasteiger partial charge in [0.15, 0.2) is 0 Å². The summed E-state index contributed by atoms with van der Waals surface area (Å²) in [7, 11) is 0. The van der Waals surface area contributed by atoms with Gasteiger partial charge in [-0.25, -0.2) is 9.97 Å². The monoisotopic (exact) mass is 443 g/mol. The molecule has 1 aliphatic rings. The molecule has 32 heavy (non-hydrogen) atoms. The van der Waals surface area contributed by atoms with Crippen molar-refractivity contribution in [3.63, 3.8) is 0 Å². The molecule has 0 aliphatic carbocycles. The number of thiazole rings is 1. The lowest BCUT2D eigenvalue weighted by Crippen LogP contribution is -2.42. The number of pyridine rings is 1. The van der Waals surface area contributed by atoms with Crippen LogP contribution in [-0.4, -0.2) is 47.5 Å². The minimum atomic E-state index is -0.442. The van der Waals surface area contributed by atoms with Crippen LogP contribution in [0.1, 0.15) is 46.0 Å². The van der Waals surface area contributed by atoms with Gasteiger partial charge in [-0.1, -0.05) is 25.1 Å². The third-order valence-electron chi connectivity index (χ3n) is 5.53. The van der Waals surface area contributed by atoms with Crippen LogP contribution in [0.5, 0.6) is 0 Å². The van der Waals surface area contributed by atoms with Crippen LogP contribution in [0.3, 0.4) is 0 Å². The molecule has 0 saturated carbocycles. The topological polar surface area (TPSA) is 114 Å². The predicted molar refractivity (Wildman–Crippen MR) is 117 cm³/mol. The van der Waals surface area contributed by atoms with Crippen LogP contribution >= 0.6 is 11.3 Å². The summed E-state index contributed by atoms with van der Waals surface area (Å²) in [4.78, 5) is 32.1. The lowest BCUT2D eigenvalue weighted by molar-refractivity contribution is 0.0633. The first-order valence-electron chi connectivity index (χ1n) is 10.1. The van der Waals surface area contributed by atoms with E-state index in [-0.39, 0.29) is 23.6 Å². The molecule has 1 aromatic carbocycles. The van der Waals surface area contributed by atoms with E-state index in [0.717, 1.165) is 26.6 Å². The molecule has 4 aromatic heterocycles. The van der Waals surface area contributed by atoms with E-state index in [4.69, 9.17) is 9.40 Å². The maximum atomic E-state index is 13.6. The van der Waals surface area contributed by atoms with Gasteiger partial charge < -0.3 is 14.3 Å². The molecule has 1 N–H and O–H groups in total. The number of hydrogen-bond acceptors (Lipinski definition) is 8. The number of carbonyl (C=O) groups is 1. The lowest BCUT2D eigenvalue weighted by atomic mass is 9.95. The smallest absolute Gasteiger partial charge is 0.312 e. The average Bonchev–Trinajstić information content (AvgIpc) is 3.58. The number of benzene rings is 1. The van der Waals surface area contributed by atoms with Crippen molar-refractivity contribution in [2.24, 2.45) is 0 Å². The largest absolute Gasteiger partial charge is 0.411 e. The molecule has 0 unspecified atom stereocenters. The van der Waals surface area contributed by atoms with E-state index in [0.29, 0.717) is 12.2 Å². The molecule has 0 radical (unpaired) electrons. The number of rotatable bonds is 3. The van der Waals surface area contributed by atoms with Crippen LogP contribution in [0.25, 0.3) is 21.8 Å². The molecule has 0 bridgehead atoms. The predicted octanol–water partition coefficient (Wildman–Crippen LogP) is 3.81. The number of nitrogens with one attached hydrogen (secondary N) is 1. The second-order valence-corrected chi connectivity index (χ2v) is 8.67. The third kappa shape index (κ3) is 2.99. The molecule has 0 spiro atoms. The molecule has 10 heteroatoms. The second kappa shape index (κ2) is 7.34. The fraction of sp³-hybridized carbons (Fsp3) is 0.182. The van der Waals surface area contributed by atoms with Gasteiger partial charge in [0.2, 0.25) is 0 Å². The van der Waals surface area contributed by atoms with Gasteiger partial charge in [-0.05, 0) is 24.3 Å². The number of carbonyl (C=O) groups excluding carboxylic acids is 1. The maximum Gasteiger partial charge on any atom is 0.312 e. The second-order valence-electron chi connectivity index (χ2n) is 7.61. The Hall–Kier alpha value is -3.92. The van der Waals surface area contributed by atoms with Gasteiger partial charge >= 0.3 is 11.8 Å². The Bertz CT molecular complexity index is 1390. The van der Waals surface area contributed by atoms with Crippen LogP contribution < -0.4 is 0 Å². The van der Waals surface area contributed by atoms with Gasteiger partial charge in [0.05, 0.1) is 22.2 Å². The van der Waals surface area contributed by atoms with Crippen LogP contribution in [0, 0.1) is 0 Å². The normalized spacial score (nSPS) is 18.1. The summed E-state index contributed by atoms with van der Waals surface area (Å²) in [5.41, 5.74) is 3.22. The van der Waals surface area contributed by atoms with Crippen molar-refractivity contribution in [1.29, 1.82) is 0 Å². The zero-order valence-electron chi connectivity index (χ0n) is 17.0. The Morgan fingerprint density at radius 1 is 1.16 bits per heavy atom. The molecule has 0 fully saturated rings. The van der Waals surface area contributed by atoms with Crippen LogP contribution in [0.15, 0.2) is 59.4 Å². The summed E-state index contributed by atoms with van der Waals surface area (Å²) in [6.45, 7) is 2.52. The van der Waals surface area contributed by atoms with Crippen LogP contribution in [-0.2, 0) is 0 Å². The summed E-state index contributed by atoms with van der Waals surface area (Å²) in [5.74, 6) is -0.163. The number of aromatic nitrogens is 6. The number of fused-ring (bicyclic) bond motifs is 2. The van der Waals surface area contributed by atoms with Crippen molar-refractivity contribution in [2.45, 2.75) is 18.9 Å². The van der Waals surface area contributed by atoms with Crippen molar-refractivity contribution in [3.8, 4) is 11.6 Å². The molecular weight excluding hydrogens is 426 g/mol. The first kappa shape index (κ1) is 18.8. The van der Waals surface area contributed by atoms with Crippen molar-refractivity contribution < 1.29 is 9.21 Å². The van der Waals surface area contributed by atoms with Crippen molar-refractivity contribution in [1.82, 2.24) is 35.0 Å². The van der Waals surface area contributed by atoms with Gasteiger partial charge in [-0.3, -0.25) is 9.78 Å². The zero-order chi connectivity index (χ0) is 21.7. The van der Waals surface area contributed by atoms with Crippen LogP contribution in [0.4, 0.5) is 0 Å². The molecular formula is C22H17N7O2S. The third-order valence-corrected chi connectivity index (χ3v) is 6.62. The SMILES string of the molecule is C[C@@H]1CN(C(=O)c2nnc(-c3ccccn3)o2)[C@H](c2nc3ccccc3s2)c2nc[nH]c21.